The first-order chi connectivity index (χ1) is 14.9. The number of methoxy groups -OCH3 is 1. The Hall–Kier alpha value is -3.68. The van der Waals surface area contributed by atoms with Crippen molar-refractivity contribution in [3.05, 3.63) is 53.1 Å². The number of carboxylic acids is 1. The molecular weight excluding hydrogens is 400 g/mol. The minimum Gasteiger partial charge on any atom is -0.496 e. The number of aliphatic carboxylic acids is 1. The molecule has 2 aliphatic heterocycles. The topological polar surface area (TPSA) is 113 Å². The number of fused-ring (bicyclic) bond motifs is 3. The molecule has 0 spiro atoms. The zero-order valence-electron chi connectivity index (χ0n) is 17.0. The van der Waals surface area contributed by atoms with Crippen LogP contribution in [0.2, 0.25) is 0 Å². The summed E-state index contributed by atoms with van der Waals surface area (Å²) in [7, 11) is 1.51. The molecule has 2 amide bonds. The Labute approximate surface area is 178 Å². The largest absolute Gasteiger partial charge is 0.496 e. The van der Waals surface area contributed by atoms with E-state index in [1.54, 1.807) is 17.0 Å². The molecule has 0 aromatic heterocycles. The molecule has 2 heterocycles. The Bertz CT molecular complexity index is 1080. The number of benzene rings is 2. The highest BCUT2D eigenvalue weighted by Gasteiger charge is 2.44. The number of carbonyl (C=O) groups is 4. The fourth-order valence-corrected chi connectivity index (χ4v) is 4.48. The van der Waals surface area contributed by atoms with E-state index in [0.29, 0.717) is 30.6 Å². The number of nitrogens with zero attached hydrogens (tertiary/aromatic N) is 1. The standard InChI is InChI=1S/C23H22N2O6/c1-31-20-6-4-13(8-16(20)12-26)14-2-3-15-10-19(23(30)24-11-22(28)29)25-18(17(15)9-14)5-7-21(25)27/h2-4,6,8-9,12,18-19H,5,7,10-11H2,1H3,(H,24,30)(H,28,29)/t18-,19+/m1/s1. The lowest BCUT2D eigenvalue weighted by Crippen LogP contribution is -2.52. The number of rotatable bonds is 6. The van der Waals surface area contributed by atoms with E-state index in [9.17, 15) is 19.2 Å². The summed E-state index contributed by atoms with van der Waals surface area (Å²) in [5.41, 5.74) is 4.14. The SMILES string of the molecule is COc1ccc(-c2ccc3c(c2)[C@H]2CCC(=O)N2[C@H](C(=O)NCC(=O)O)C3)cc1C=O. The van der Waals surface area contributed by atoms with Crippen LogP contribution in [-0.2, 0) is 20.8 Å². The van der Waals surface area contributed by atoms with Crippen LogP contribution in [0.4, 0.5) is 0 Å². The number of hydrogen-bond acceptors (Lipinski definition) is 5. The van der Waals surface area contributed by atoms with E-state index in [1.807, 2.05) is 24.3 Å². The molecule has 0 unspecified atom stereocenters. The molecule has 8 nitrogen and oxygen atoms in total. The van der Waals surface area contributed by atoms with Crippen LogP contribution in [0.15, 0.2) is 36.4 Å². The van der Waals surface area contributed by atoms with Crippen LogP contribution in [0.3, 0.4) is 0 Å². The van der Waals surface area contributed by atoms with Crippen molar-refractivity contribution in [1.82, 2.24) is 10.2 Å². The van der Waals surface area contributed by atoms with Crippen molar-refractivity contribution < 1.29 is 29.0 Å². The van der Waals surface area contributed by atoms with Crippen molar-refractivity contribution in [2.75, 3.05) is 13.7 Å². The Morgan fingerprint density at radius 3 is 2.68 bits per heavy atom. The average Bonchev–Trinajstić information content (AvgIpc) is 3.18. The highest BCUT2D eigenvalue weighted by molar-refractivity contribution is 5.91. The number of carbonyl (C=O) groups excluding carboxylic acids is 3. The molecule has 2 aromatic carbocycles. The van der Waals surface area contributed by atoms with Crippen molar-refractivity contribution in [1.29, 1.82) is 0 Å². The van der Waals surface area contributed by atoms with E-state index in [2.05, 4.69) is 5.32 Å². The van der Waals surface area contributed by atoms with Gasteiger partial charge in [-0.25, -0.2) is 0 Å². The van der Waals surface area contributed by atoms with Gasteiger partial charge in [-0.05, 0) is 46.9 Å². The van der Waals surface area contributed by atoms with E-state index in [4.69, 9.17) is 9.84 Å². The smallest absolute Gasteiger partial charge is 0.322 e. The molecule has 1 fully saturated rings. The number of aldehydes is 1. The van der Waals surface area contributed by atoms with Gasteiger partial charge in [-0.1, -0.05) is 18.2 Å². The van der Waals surface area contributed by atoms with Gasteiger partial charge < -0.3 is 20.1 Å². The predicted molar refractivity (Wildman–Crippen MR) is 111 cm³/mol. The fourth-order valence-electron chi connectivity index (χ4n) is 4.48. The van der Waals surface area contributed by atoms with E-state index in [0.717, 1.165) is 28.5 Å². The minimum absolute atomic E-state index is 0.107. The summed E-state index contributed by atoms with van der Waals surface area (Å²) in [6.07, 6.45) is 2.01. The molecule has 2 aromatic rings. The van der Waals surface area contributed by atoms with Gasteiger partial charge in [0.25, 0.3) is 0 Å². The first-order valence-electron chi connectivity index (χ1n) is 10.00. The quantitative estimate of drug-likeness (QED) is 0.688. The zero-order valence-corrected chi connectivity index (χ0v) is 17.0. The van der Waals surface area contributed by atoms with Crippen molar-refractivity contribution >= 4 is 24.1 Å². The van der Waals surface area contributed by atoms with Gasteiger partial charge in [0.05, 0.1) is 18.7 Å². The van der Waals surface area contributed by atoms with E-state index < -0.39 is 24.5 Å². The molecule has 2 N–H and O–H groups in total. The van der Waals surface area contributed by atoms with Crippen molar-refractivity contribution in [3.8, 4) is 16.9 Å². The van der Waals surface area contributed by atoms with Crippen molar-refractivity contribution in [2.24, 2.45) is 0 Å². The number of amides is 2. The maximum absolute atomic E-state index is 12.6. The van der Waals surface area contributed by atoms with Crippen molar-refractivity contribution in [3.63, 3.8) is 0 Å². The average molecular weight is 422 g/mol. The molecule has 2 aliphatic rings. The second kappa shape index (κ2) is 8.22. The third kappa shape index (κ3) is 3.76. The molecule has 31 heavy (non-hydrogen) atoms. The van der Waals surface area contributed by atoms with Gasteiger partial charge in [-0.2, -0.15) is 0 Å². The van der Waals surface area contributed by atoms with Crippen LogP contribution < -0.4 is 10.1 Å². The molecule has 0 aliphatic carbocycles. The number of nitrogens with one attached hydrogen (secondary N) is 1. The Kier molecular flexibility index (Phi) is 5.46. The van der Waals surface area contributed by atoms with E-state index in [1.165, 1.54) is 7.11 Å². The summed E-state index contributed by atoms with van der Waals surface area (Å²) >= 11 is 0. The van der Waals surface area contributed by atoms with Crippen molar-refractivity contribution in [2.45, 2.75) is 31.3 Å². The molecule has 0 bridgehead atoms. The Balaban J connectivity index is 1.69. The van der Waals surface area contributed by atoms with Gasteiger partial charge in [0.1, 0.15) is 18.3 Å². The van der Waals surface area contributed by atoms with Gasteiger partial charge in [0, 0.05) is 12.8 Å². The summed E-state index contributed by atoms with van der Waals surface area (Å²) in [4.78, 5) is 49.0. The molecule has 0 radical (unpaired) electrons. The predicted octanol–water partition coefficient (Wildman–Crippen LogP) is 1.96. The summed E-state index contributed by atoms with van der Waals surface area (Å²) in [5, 5.41) is 11.2. The highest BCUT2D eigenvalue weighted by Crippen LogP contribution is 2.42. The second-order valence-corrected chi connectivity index (χ2v) is 7.68. The van der Waals surface area contributed by atoms with Crippen LogP contribution in [0.1, 0.15) is 40.4 Å². The van der Waals surface area contributed by atoms with E-state index >= 15 is 0 Å². The van der Waals surface area contributed by atoms with Gasteiger partial charge in [0.2, 0.25) is 11.8 Å². The molecule has 4 rings (SSSR count). The Morgan fingerprint density at radius 1 is 1.23 bits per heavy atom. The van der Waals surface area contributed by atoms with Gasteiger partial charge >= 0.3 is 5.97 Å². The molecule has 0 saturated carbocycles. The molecule has 8 heteroatoms. The Morgan fingerprint density at radius 2 is 1.97 bits per heavy atom. The summed E-state index contributed by atoms with van der Waals surface area (Å²) in [5.74, 6) is -1.19. The van der Waals surface area contributed by atoms with Crippen LogP contribution in [0.25, 0.3) is 11.1 Å². The first kappa shape index (κ1) is 20.6. The minimum atomic E-state index is -1.13. The number of ether oxygens (including phenoxy) is 1. The lowest BCUT2D eigenvalue weighted by atomic mass is 9.86. The molecule has 160 valence electrons. The van der Waals surface area contributed by atoms with Crippen LogP contribution >= 0.6 is 0 Å². The van der Waals surface area contributed by atoms with Crippen LogP contribution in [0.5, 0.6) is 5.75 Å². The zero-order chi connectivity index (χ0) is 22.1. The van der Waals surface area contributed by atoms with Crippen LogP contribution in [-0.4, -0.2) is 53.8 Å². The maximum Gasteiger partial charge on any atom is 0.322 e. The van der Waals surface area contributed by atoms with Gasteiger partial charge in [-0.3, -0.25) is 19.2 Å². The molecule has 2 atom stereocenters. The monoisotopic (exact) mass is 422 g/mol. The van der Waals surface area contributed by atoms with Gasteiger partial charge in [0.15, 0.2) is 6.29 Å². The maximum atomic E-state index is 12.6. The third-order valence-corrected chi connectivity index (χ3v) is 5.92. The van der Waals surface area contributed by atoms with E-state index in [-0.39, 0.29) is 11.9 Å². The highest BCUT2D eigenvalue weighted by atomic mass is 16.5. The fraction of sp³-hybridized carbons (Fsp3) is 0.304. The number of hydrogen-bond donors (Lipinski definition) is 2. The first-order valence-corrected chi connectivity index (χ1v) is 10.00. The number of carboxylic acid groups (broad SMARTS) is 1. The molecule has 1 saturated heterocycles. The summed E-state index contributed by atoms with van der Waals surface area (Å²) in [6.45, 7) is -0.482. The summed E-state index contributed by atoms with van der Waals surface area (Å²) < 4.78 is 5.21. The summed E-state index contributed by atoms with van der Waals surface area (Å²) in [6, 6.07) is 10.3. The lowest BCUT2D eigenvalue weighted by molar-refractivity contribution is -0.142. The lowest BCUT2D eigenvalue weighted by Gasteiger charge is -2.38. The molecular formula is C23H22N2O6. The normalized spacial score (nSPS) is 19.4. The third-order valence-electron chi connectivity index (χ3n) is 5.92. The second-order valence-electron chi connectivity index (χ2n) is 7.68. The van der Waals surface area contributed by atoms with Gasteiger partial charge in [-0.15, -0.1) is 0 Å². The van der Waals surface area contributed by atoms with Crippen LogP contribution in [0, 0.1) is 0 Å².